The first-order chi connectivity index (χ1) is 12.4. The lowest BCUT2D eigenvalue weighted by atomic mass is 10.0. The van der Waals surface area contributed by atoms with Gasteiger partial charge >= 0.3 is 5.97 Å². The molecule has 1 aliphatic rings. The molecule has 1 aliphatic carbocycles. The summed E-state index contributed by atoms with van der Waals surface area (Å²) in [6, 6.07) is 12.1. The van der Waals surface area contributed by atoms with Crippen molar-refractivity contribution in [3.8, 4) is 0 Å². The first-order valence-corrected chi connectivity index (χ1v) is 9.69. The van der Waals surface area contributed by atoms with Gasteiger partial charge in [0.2, 0.25) is 0 Å². The highest BCUT2D eigenvalue weighted by molar-refractivity contribution is 7.84. The van der Waals surface area contributed by atoms with Crippen molar-refractivity contribution in [1.82, 2.24) is 0 Å². The van der Waals surface area contributed by atoms with Crippen molar-refractivity contribution >= 4 is 34.0 Å². The second kappa shape index (κ2) is 7.38. The van der Waals surface area contributed by atoms with E-state index in [2.05, 4.69) is 0 Å². The van der Waals surface area contributed by atoms with Gasteiger partial charge < -0.3 is 4.74 Å². The number of rotatable bonds is 4. The van der Waals surface area contributed by atoms with E-state index in [9.17, 15) is 13.4 Å². The summed E-state index contributed by atoms with van der Waals surface area (Å²) in [4.78, 5) is 12.5. The van der Waals surface area contributed by atoms with Crippen LogP contribution in [-0.4, -0.2) is 23.5 Å². The highest BCUT2D eigenvalue weighted by Gasteiger charge is 2.25. The molecule has 0 saturated carbocycles. The van der Waals surface area contributed by atoms with Gasteiger partial charge in [-0.05, 0) is 70.7 Å². The number of ether oxygens (including phenoxy) is 1. The van der Waals surface area contributed by atoms with E-state index in [-0.39, 0.29) is 18.2 Å². The average molecular weight is 370 g/mol. The molecule has 0 radical (unpaired) electrons. The van der Waals surface area contributed by atoms with Gasteiger partial charge in [-0.2, -0.15) is 0 Å². The van der Waals surface area contributed by atoms with E-state index in [0.717, 1.165) is 38.3 Å². The number of carbonyl (C=O) groups is 1. The van der Waals surface area contributed by atoms with Crippen molar-refractivity contribution in [2.24, 2.45) is 0 Å². The van der Waals surface area contributed by atoms with Crippen LogP contribution in [0.25, 0.3) is 17.2 Å². The molecule has 0 spiro atoms. The Bertz CT molecular complexity index is 956. The number of hydrogen-bond acceptors (Lipinski definition) is 3. The lowest BCUT2D eigenvalue weighted by Crippen LogP contribution is -2.01. The molecule has 0 aliphatic heterocycles. The number of hydrogen-bond donors (Lipinski definition) is 0. The number of benzene rings is 2. The fourth-order valence-corrected chi connectivity index (χ4v) is 3.64. The minimum atomic E-state index is -1.02. The highest BCUT2D eigenvalue weighted by Crippen LogP contribution is 2.43. The summed E-state index contributed by atoms with van der Waals surface area (Å²) in [5, 5.41) is 0. The van der Waals surface area contributed by atoms with Gasteiger partial charge in [0.1, 0.15) is 5.82 Å². The predicted octanol–water partition coefficient (Wildman–Crippen LogP) is 4.45. The third-order valence-corrected chi connectivity index (χ3v) is 5.46. The van der Waals surface area contributed by atoms with Gasteiger partial charge in [0.05, 0.1) is 13.5 Å². The summed E-state index contributed by atoms with van der Waals surface area (Å²) in [7, 11) is 0.319. The Morgan fingerprint density at radius 1 is 1.15 bits per heavy atom. The number of carbonyl (C=O) groups excluding carboxylic acids is 1. The topological polar surface area (TPSA) is 43.4 Å². The summed E-state index contributed by atoms with van der Waals surface area (Å²) in [5.41, 5.74) is 5.23. The van der Waals surface area contributed by atoms with Crippen LogP contribution >= 0.6 is 0 Å². The third-order valence-electron chi connectivity index (χ3n) is 4.53. The Morgan fingerprint density at radius 2 is 1.85 bits per heavy atom. The molecule has 0 saturated heterocycles. The van der Waals surface area contributed by atoms with Crippen molar-refractivity contribution in [3.63, 3.8) is 0 Å². The van der Waals surface area contributed by atoms with Crippen LogP contribution in [0.2, 0.25) is 0 Å². The van der Waals surface area contributed by atoms with E-state index < -0.39 is 10.8 Å². The molecule has 3 rings (SSSR count). The molecule has 0 amide bonds. The number of allylic oxidation sites excluding steroid dienone is 2. The van der Waals surface area contributed by atoms with Crippen molar-refractivity contribution < 1.29 is 18.1 Å². The van der Waals surface area contributed by atoms with E-state index in [0.29, 0.717) is 0 Å². The Labute approximate surface area is 154 Å². The second-order valence-corrected chi connectivity index (χ2v) is 7.51. The van der Waals surface area contributed by atoms with Crippen molar-refractivity contribution in [1.29, 1.82) is 0 Å². The fourth-order valence-electron chi connectivity index (χ4n) is 3.12. The van der Waals surface area contributed by atoms with Crippen molar-refractivity contribution in [3.05, 3.63) is 70.5 Å². The molecule has 134 valence electrons. The average Bonchev–Trinajstić information content (AvgIpc) is 2.87. The van der Waals surface area contributed by atoms with Crippen LogP contribution in [0.5, 0.6) is 0 Å². The van der Waals surface area contributed by atoms with Gasteiger partial charge in [-0.1, -0.05) is 18.2 Å². The Hall–Kier alpha value is -2.53. The number of esters is 1. The Balaban J connectivity index is 2.08. The molecule has 0 N–H and O–H groups in total. The van der Waals surface area contributed by atoms with Gasteiger partial charge in [0.15, 0.2) is 0 Å². The van der Waals surface area contributed by atoms with Crippen molar-refractivity contribution in [2.75, 3.05) is 13.4 Å². The lowest BCUT2D eigenvalue weighted by molar-refractivity contribution is -0.139. The molecular weight excluding hydrogens is 351 g/mol. The standard InChI is InChI=1S/C21H19FO3S/c1-13-18(10-14-4-7-16(8-5-14)26(3)24)17-9-6-15(22)11-20(17)19(13)12-21(23)25-2/h4-11H,12H2,1-3H3/b18-10+/t26-/m1/s1. The Kier molecular flexibility index (Phi) is 5.18. The molecule has 0 heterocycles. The molecule has 3 nitrogen and oxygen atoms in total. The zero-order valence-electron chi connectivity index (χ0n) is 14.8. The maximum absolute atomic E-state index is 13.8. The van der Waals surface area contributed by atoms with Crippen LogP contribution < -0.4 is 0 Å². The first-order valence-electron chi connectivity index (χ1n) is 8.13. The van der Waals surface area contributed by atoms with Crippen LogP contribution in [0.3, 0.4) is 0 Å². The molecule has 0 unspecified atom stereocenters. The maximum atomic E-state index is 13.8. The van der Waals surface area contributed by atoms with Crippen LogP contribution in [0.15, 0.2) is 52.9 Å². The summed E-state index contributed by atoms with van der Waals surface area (Å²) in [5.74, 6) is -0.694. The van der Waals surface area contributed by atoms with Gasteiger partial charge in [0, 0.05) is 22.0 Å². The SMILES string of the molecule is COC(=O)CC1=C(C)/C(=C\c2ccc([S@@](C)=O)cc2)c2ccc(F)cc21. The lowest BCUT2D eigenvalue weighted by Gasteiger charge is -2.05. The number of halogens is 1. The molecule has 26 heavy (non-hydrogen) atoms. The molecule has 0 bridgehead atoms. The molecular formula is C21H19FO3S. The third kappa shape index (κ3) is 3.53. The molecule has 5 heteroatoms. The smallest absolute Gasteiger partial charge is 0.310 e. The number of fused-ring (bicyclic) bond motifs is 1. The van der Waals surface area contributed by atoms with E-state index in [4.69, 9.17) is 4.74 Å². The maximum Gasteiger partial charge on any atom is 0.310 e. The van der Waals surface area contributed by atoms with Crippen molar-refractivity contribution in [2.45, 2.75) is 18.2 Å². The van der Waals surface area contributed by atoms with Crippen LogP contribution in [0.4, 0.5) is 4.39 Å². The molecule has 0 aromatic heterocycles. The first kappa shape index (κ1) is 18.3. The van der Waals surface area contributed by atoms with E-state index in [1.54, 1.807) is 12.3 Å². The van der Waals surface area contributed by atoms with Gasteiger partial charge in [-0.15, -0.1) is 0 Å². The molecule has 2 aromatic rings. The molecule has 2 aromatic carbocycles. The predicted molar refractivity (Wildman–Crippen MR) is 102 cm³/mol. The van der Waals surface area contributed by atoms with E-state index in [1.807, 2.05) is 37.3 Å². The second-order valence-electron chi connectivity index (χ2n) is 6.13. The Morgan fingerprint density at radius 3 is 2.46 bits per heavy atom. The molecule has 1 atom stereocenters. The summed E-state index contributed by atoms with van der Waals surface area (Å²) >= 11 is 0. The van der Waals surface area contributed by atoms with E-state index in [1.165, 1.54) is 19.2 Å². The zero-order chi connectivity index (χ0) is 18.8. The van der Waals surface area contributed by atoms with Crippen LogP contribution in [0.1, 0.15) is 30.0 Å². The summed E-state index contributed by atoms with van der Waals surface area (Å²) in [6.45, 7) is 1.93. The zero-order valence-corrected chi connectivity index (χ0v) is 15.7. The minimum absolute atomic E-state index is 0.101. The highest BCUT2D eigenvalue weighted by atomic mass is 32.2. The minimum Gasteiger partial charge on any atom is -0.469 e. The monoisotopic (exact) mass is 370 g/mol. The summed E-state index contributed by atoms with van der Waals surface area (Å²) < 4.78 is 30.1. The van der Waals surface area contributed by atoms with E-state index >= 15 is 0 Å². The molecule has 0 fully saturated rings. The number of methoxy groups -OCH3 is 1. The quantitative estimate of drug-likeness (QED) is 0.747. The fraction of sp³-hybridized carbons (Fsp3) is 0.190. The summed E-state index contributed by atoms with van der Waals surface area (Å²) in [6.07, 6.45) is 3.74. The normalized spacial score (nSPS) is 15.9. The van der Waals surface area contributed by atoms with Gasteiger partial charge in [-0.3, -0.25) is 9.00 Å². The van der Waals surface area contributed by atoms with Crippen LogP contribution in [0, 0.1) is 5.82 Å². The van der Waals surface area contributed by atoms with Gasteiger partial charge in [-0.25, -0.2) is 4.39 Å². The van der Waals surface area contributed by atoms with Gasteiger partial charge in [0.25, 0.3) is 0 Å². The van der Waals surface area contributed by atoms with Crippen LogP contribution in [-0.2, 0) is 20.3 Å². The largest absolute Gasteiger partial charge is 0.469 e.